The number of nitrogens with zero attached hydrogens (tertiary/aromatic N) is 1. The minimum absolute atomic E-state index is 0.131. The molecule has 0 bridgehead atoms. The molecule has 0 aliphatic carbocycles. The van der Waals surface area contributed by atoms with Crippen LogP contribution in [0.15, 0.2) is 40.9 Å². The van der Waals surface area contributed by atoms with Gasteiger partial charge in [-0.05, 0) is 36.8 Å². The van der Waals surface area contributed by atoms with E-state index in [1.807, 2.05) is 19.1 Å². The first-order valence-corrected chi connectivity index (χ1v) is 6.24. The first-order chi connectivity index (χ1) is 8.99. The van der Waals surface area contributed by atoms with Gasteiger partial charge in [0.15, 0.2) is 0 Å². The van der Waals surface area contributed by atoms with Crippen molar-refractivity contribution in [3.63, 3.8) is 0 Å². The summed E-state index contributed by atoms with van der Waals surface area (Å²) >= 11 is 3.32. The zero-order valence-corrected chi connectivity index (χ0v) is 11.6. The first-order valence-electron chi connectivity index (χ1n) is 5.45. The average molecular weight is 325 g/mol. The fourth-order valence-electron chi connectivity index (χ4n) is 1.68. The highest BCUT2D eigenvalue weighted by Gasteiger charge is 2.20. The largest absolute Gasteiger partial charge is 0.350 e. The van der Waals surface area contributed by atoms with Crippen molar-refractivity contribution in [2.75, 3.05) is 5.32 Å². The number of benzene rings is 2. The second kappa shape index (κ2) is 5.36. The molecule has 19 heavy (non-hydrogen) atoms. The Balaban J connectivity index is 2.46. The molecule has 0 radical (unpaired) electrons. The van der Waals surface area contributed by atoms with E-state index in [1.54, 1.807) is 6.07 Å². The molecule has 0 aromatic heterocycles. The molecule has 98 valence electrons. The summed E-state index contributed by atoms with van der Waals surface area (Å²) in [6.07, 6.45) is 0. The molecule has 2 rings (SSSR count). The van der Waals surface area contributed by atoms with Gasteiger partial charge in [-0.25, -0.2) is 0 Å². The van der Waals surface area contributed by atoms with Crippen LogP contribution >= 0.6 is 15.9 Å². The quantitative estimate of drug-likeness (QED) is 0.665. The van der Waals surface area contributed by atoms with E-state index < -0.39 is 16.4 Å². The molecule has 0 saturated heterocycles. The van der Waals surface area contributed by atoms with Crippen molar-refractivity contribution in [1.29, 1.82) is 0 Å². The predicted octanol–water partition coefficient (Wildman–Crippen LogP) is 4.55. The van der Waals surface area contributed by atoms with E-state index in [1.165, 1.54) is 12.1 Å². The summed E-state index contributed by atoms with van der Waals surface area (Å²) in [5, 5.41) is 13.8. The van der Waals surface area contributed by atoms with Gasteiger partial charge in [0.05, 0.1) is 4.92 Å². The maximum absolute atomic E-state index is 13.5. The minimum Gasteiger partial charge on any atom is -0.350 e. The Labute approximate surface area is 117 Å². The topological polar surface area (TPSA) is 55.2 Å². The van der Waals surface area contributed by atoms with Crippen molar-refractivity contribution in [2.24, 2.45) is 0 Å². The van der Waals surface area contributed by atoms with Crippen molar-refractivity contribution in [1.82, 2.24) is 0 Å². The van der Waals surface area contributed by atoms with E-state index >= 15 is 0 Å². The zero-order chi connectivity index (χ0) is 14.0. The number of halogens is 2. The highest BCUT2D eigenvalue weighted by atomic mass is 79.9. The summed E-state index contributed by atoms with van der Waals surface area (Å²) in [5.41, 5.74) is 1.16. The summed E-state index contributed by atoms with van der Waals surface area (Å²) < 4.78 is 14.3. The number of hydrogen-bond acceptors (Lipinski definition) is 3. The summed E-state index contributed by atoms with van der Waals surface area (Å²) in [5.74, 6) is -0.859. The number of aryl methyl sites for hydroxylation is 1. The molecule has 0 aliphatic rings. The van der Waals surface area contributed by atoms with Gasteiger partial charge in [-0.3, -0.25) is 10.1 Å². The van der Waals surface area contributed by atoms with Gasteiger partial charge >= 0.3 is 5.69 Å². The van der Waals surface area contributed by atoms with Crippen LogP contribution in [-0.2, 0) is 0 Å². The number of anilines is 2. The van der Waals surface area contributed by atoms with E-state index in [9.17, 15) is 14.5 Å². The van der Waals surface area contributed by atoms with Crippen molar-refractivity contribution < 1.29 is 9.31 Å². The fraction of sp³-hybridized carbons (Fsp3) is 0.0769. The van der Waals surface area contributed by atoms with Crippen molar-refractivity contribution >= 4 is 33.0 Å². The van der Waals surface area contributed by atoms with Crippen LogP contribution in [0.2, 0.25) is 0 Å². The van der Waals surface area contributed by atoms with Crippen LogP contribution in [0.1, 0.15) is 5.56 Å². The van der Waals surface area contributed by atoms with Crippen LogP contribution in [0.25, 0.3) is 0 Å². The Morgan fingerprint density at radius 2 is 2.00 bits per heavy atom. The molecular weight excluding hydrogens is 315 g/mol. The van der Waals surface area contributed by atoms with Crippen LogP contribution in [0.5, 0.6) is 0 Å². The molecule has 2 aromatic carbocycles. The van der Waals surface area contributed by atoms with Gasteiger partial charge in [-0.15, -0.1) is 0 Å². The lowest BCUT2D eigenvalue weighted by atomic mass is 10.2. The molecule has 0 atom stereocenters. The molecular formula is C13H10BrFN2O2. The second-order valence-corrected chi connectivity index (χ2v) is 4.89. The molecule has 1 N–H and O–H groups in total. The van der Waals surface area contributed by atoms with Crippen LogP contribution in [0.4, 0.5) is 21.5 Å². The van der Waals surface area contributed by atoms with E-state index in [0.717, 1.165) is 16.1 Å². The molecule has 0 heterocycles. The van der Waals surface area contributed by atoms with Gasteiger partial charge in [0.2, 0.25) is 5.82 Å². The predicted molar refractivity (Wildman–Crippen MR) is 75.2 cm³/mol. The monoisotopic (exact) mass is 324 g/mol. The Bertz CT molecular complexity index is 647. The number of nitrogens with one attached hydrogen (secondary N) is 1. The minimum atomic E-state index is -0.859. The lowest BCUT2D eigenvalue weighted by molar-refractivity contribution is -0.386. The molecule has 0 saturated carbocycles. The molecule has 0 fully saturated rings. The molecule has 0 amide bonds. The highest BCUT2D eigenvalue weighted by Crippen LogP contribution is 2.32. The van der Waals surface area contributed by atoms with E-state index in [0.29, 0.717) is 5.69 Å². The highest BCUT2D eigenvalue weighted by molar-refractivity contribution is 9.10. The molecule has 0 aliphatic heterocycles. The van der Waals surface area contributed by atoms with Gasteiger partial charge in [0.25, 0.3) is 0 Å². The standard InChI is InChI=1S/C13H10BrFN2O2/c1-8-5-6-9(14)7-12(8)16-11-4-2-3-10(15)13(11)17(18)19/h2-7,16H,1H3. The number of rotatable bonds is 3. The Morgan fingerprint density at radius 3 is 2.68 bits per heavy atom. The zero-order valence-electron chi connectivity index (χ0n) is 9.98. The summed E-state index contributed by atoms with van der Waals surface area (Å²) in [6, 6.07) is 9.47. The van der Waals surface area contributed by atoms with Gasteiger partial charge in [0.1, 0.15) is 5.69 Å². The van der Waals surface area contributed by atoms with Gasteiger partial charge < -0.3 is 5.32 Å². The molecule has 0 unspecified atom stereocenters. The molecule has 6 heteroatoms. The van der Waals surface area contributed by atoms with Crippen LogP contribution < -0.4 is 5.32 Å². The molecule has 4 nitrogen and oxygen atoms in total. The third-order valence-electron chi connectivity index (χ3n) is 2.64. The van der Waals surface area contributed by atoms with Crippen LogP contribution in [-0.4, -0.2) is 4.92 Å². The Morgan fingerprint density at radius 1 is 1.26 bits per heavy atom. The number of nitro benzene ring substituents is 1. The van der Waals surface area contributed by atoms with E-state index in [2.05, 4.69) is 21.2 Å². The first kappa shape index (κ1) is 13.5. The van der Waals surface area contributed by atoms with Crippen LogP contribution in [0, 0.1) is 22.9 Å². The number of para-hydroxylation sites is 1. The summed E-state index contributed by atoms with van der Waals surface area (Å²) in [6.45, 7) is 1.86. The van der Waals surface area contributed by atoms with E-state index in [4.69, 9.17) is 0 Å². The lowest BCUT2D eigenvalue weighted by Gasteiger charge is -2.10. The maximum atomic E-state index is 13.5. The SMILES string of the molecule is Cc1ccc(Br)cc1Nc1cccc(F)c1[N+](=O)[O-]. The van der Waals surface area contributed by atoms with Crippen molar-refractivity contribution in [3.05, 3.63) is 62.4 Å². The van der Waals surface area contributed by atoms with Crippen LogP contribution in [0.3, 0.4) is 0 Å². The molecule has 2 aromatic rings. The van der Waals surface area contributed by atoms with Crippen molar-refractivity contribution in [2.45, 2.75) is 6.92 Å². The third-order valence-corrected chi connectivity index (χ3v) is 3.13. The smallest absolute Gasteiger partial charge is 0.327 e. The maximum Gasteiger partial charge on any atom is 0.327 e. The second-order valence-electron chi connectivity index (χ2n) is 3.98. The van der Waals surface area contributed by atoms with Crippen molar-refractivity contribution in [3.8, 4) is 0 Å². The Hall–Kier alpha value is -1.95. The van der Waals surface area contributed by atoms with Gasteiger partial charge in [-0.2, -0.15) is 4.39 Å². The number of hydrogen-bond donors (Lipinski definition) is 1. The Kier molecular flexibility index (Phi) is 3.80. The normalized spacial score (nSPS) is 10.3. The summed E-state index contributed by atoms with van der Waals surface area (Å²) in [7, 11) is 0. The lowest BCUT2D eigenvalue weighted by Crippen LogP contribution is -2.00. The number of nitro groups is 1. The molecule has 0 spiro atoms. The average Bonchev–Trinajstić information content (AvgIpc) is 2.33. The van der Waals surface area contributed by atoms with E-state index in [-0.39, 0.29) is 5.69 Å². The van der Waals surface area contributed by atoms with Gasteiger partial charge in [0, 0.05) is 10.2 Å². The third kappa shape index (κ3) is 2.90. The fourth-order valence-corrected chi connectivity index (χ4v) is 2.04. The summed E-state index contributed by atoms with van der Waals surface area (Å²) in [4.78, 5) is 10.2. The van der Waals surface area contributed by atoms with Gasteiger partial charge in [-0.1, -0.05) is 28.1 Å².